The summed E-state index contributed by atoms with van der Waals surface area (Å²) in [5.41, 5.74) is 6.06. The zero-order valence-electron chi connectivity index (χ0n) is 31.5. The molecule has 0 aliphatic carbocycles. The number of hydrogen-bond acceptors (Lipinski definition) is 6. The average Bonchev–Trinajstić information content (AvgIpc) is 3.76. The summed E-state index contributed by atoms with van der Waals surface area (Å²) in [6.45, 7) is 1.83. The molecule has 0 radical (unpaired) electrons. The van der Waals surface area contributed by atoms with E-state index in [1.807, 2.05) is 170 Å². The van der Waals surface area contributed by atoms with E-state index in [0.29, 0.717) is 11.7 Å². The minimum absolute atomic E-state index is 0.164. The van der Waals surface area contributed by atoms with E-state index < -0.39 is 23.8 Å². The van der Waals surface area contributed by atoms with Gasteiger partial charge in [0, 0.05) is 5.56 Å². The maximum atomic E-state index is 11.2. The van der Waals surface area contributed by atoms with Crippen molar-refractivity contribution in [2.75, 3.05) is 6.61 Å². The van der Waals surface area contributed by atoms with Crippen molar-refractivity contribution in [3.8, 4) is 11.4 Å². The summed E-state index contributed by atoms with van der Waals surface area (Å²) in [4.78, 5) is 15.8. The Kier molecular flexibility index (Phi) is 12.2. The van der Waals surface area contributed by atoms with Crippen molar-refractivity contribution in [2.45, 2.75) is 24.7 Å². The number of nitrogens with zero attached hydrogens (tertiary/aromatic N) is 2. The van der Waals surface area contributed by atoms with Gasteiger partial charge in [0.05, 0.1) is 0 Å². The lowest BCUT2D eigenvalue weighted by molar-refractivity contribution is -0.146. The second-order valence-electron chi connectivity index (χ2n) is 13.4. The SMILES string of the molecule is Cc1ccc(-c2noc(COC(c3ccccc3)(c3ccccc3)c3ccccc3)n2)cc1.O=C(O)COC(c1ccccc1)(c1ccccc1)c1ccccc1. The highest BCUT2D eigenvalue weighted by Crippen LogP contribution is 2.42. The maximum Gasteiger partial charge on any atom is 0.329 e. The van der Waals surface area contributed by atoms with Crippen molar-refractivity contribution in [3.05, 3.63) is 251 Å². The van der Waals surface area contributed by atoms with E-state index in [0.717, 1.165) is 38.9 Å². The monoisotopic (exact) mass is 750 g/mol. The van der Waals surface area contributed by atoms with Crippen LogP contribution in [0.4, 0.5) is 0 Å². The summed E-state index contributed by atoms with van der Waals surface area (Å²) in [5.74, 6) is -0.0155. The Morgan fingerprint density at radius 2 is 0.842 bits per heavy atom. The van der Waals surface area contributed by atoms with E-state index in [-0.39, 0.29) is 6.61 Å². The van der Waals surface area contributed by atoms with Crippen LogP contribution in [-0.4, -0.2) is 27.8 Å². The maximum absolute atomic E-state index is 11.2. The van der Waals surface area contributed by atoms with Crippen molar-refractivity contribution in [1.82, 2.24) is 10.1 Å². The number of benzene rings is 7. The lowest BCUT2D eigenvalue weighted by atomic mass is 9.80. The Bertz CT molecular complexity index is 2230. The molecule has 0 atom stereocenters. The Labute approximate surface area is 332 Å². The number of rotatable bonds is 13. The number of aryl methyl sites for hydroxylation is 1. The molecule has 1 N–H and O–H groups in total. The number of aromatic nitrogens is 2. The minimum Gasteiger partial charge on any atom is -0.480 e. The molecule has 1 aromatic heterocycles. The summed E-state index contributed by atoms with van der Waals surface area (Å²) in [7, 11) is 0. The largest absolute Gasteiger partial charge is 0.480 e. The van der Waals surface area contributed by atoms with Gasteiger partial charge in [-0.05, 0) is 40.3 Å². The van der Waals surface area contributed by atoms with E-state index >= 15 is 0 Å². The van der Waals surface area contributed by atoms with Gasteiger partial charge in [0.25, 0.3) is 5.89 Å². The molecule has 282 valence electrons. The second kappa shape index (κ2) is 18.1. The van der Waals surface area contributed by atoms with Gasteiger partial charge in [-0.1, -0.05) is 217 Å². The van der Waals surface area contributed by atoms with Crippen LogP contribution < -0.4 is 0 Å². The Balaban J connectivity index is 0.000000183. The molecular weight excluding hydrogens is 709 g/mol. The van der Waals surface area contributed by atoms with E-state index in [1.165, 1.54) is 5.56 Å². The van der Waals surface area contributed by atoms with Crippen molar-refractivity contribution in [2.24, 2.45) is 0 Å². The van der Waals surface area contributed by atoms with E-state index in [9.17, 15) is 9.90 Å². The van der Waals surface area contributed by atoms with Gasteiger partial charge in [0.1, 0.15) is 24.4 Å². The number of ether oxygens (including phenoxy) is 2. The van der Waals surface area contributed by atoms with Crippen molar-refractivity contribution >= 4 is 5.97 Å². The van der Waals surface area contributed by atoms with Gasteiger partial charge in [-0.25, -0.2) is 4.79 Å². The minimum atomic E-state index is -0.998. The predicted octanol–water partition coefficient (Wildman–Crippen LogP) is 10.6. The van der Waals surface area contributed by atoms with Crippen LogP contribution in [0.2, 0.25) is 0 Å². The second-order valence-corrected chi connectivity index (χ2v) is 13.4. The van der Waals surface area contributed by atoms with Gasteiger partial charge in [-0.15, -0.1) is 0 Å². The molecule has 8 rings (SSSR count). The lowest BCUT2D eigenvalue weighted by Gasteiger charge is -2.35. The fourth-order valence-corrected chi connectivity index (χ4v) is 7.01. The molecule has 0 saturated heterocycles. The van der Waals surface area contributed by atoms with Gasteiger partial charge in [0.2, 0.25) is 5.82 Å². The normalized spacial score (nSPS) is 11.3. The molecule has 7 nitrogen and oxygen atoms in total. The van der Waals surface area contributed by atoms with E-state index in [2.05, 4.69) is 53.5 Å². The third kappa shape index (κ3) is 8.66. The van der Waals surface area contributed by atoms with Crippen molar-refractivity contribution in [1.29, 1.82) is 0 Å². The molecule has 0 fully saturated rings. The molecule has 0 amide bonds. The average molecular weight is 751 g/mol. The van der Waals surface area contributed by atoms with E-state index in [4.69, 9.17) is 14.0 Å². The first-order valence-corrected chi connectivity index (χ1v) is 18.7. The quantitative estimate of drug-likeness (QED) is 0.117. The lowest BCUT2D eigenvalue weighted by Crippen LogP contribution is -2.34. The number of aliphatic carboxylic acids is 1. The molecule has 7 heteroatoms. The molecule has 0 aliphatic rings. The molecule has 57 heavy (non-hydrogen) atoms. The fourth-order valence-electron chi connectivity index (χ4n) is 7.01. The number of carboxylic acid groups (broad SMARTS) is 1. The molecule has 1 heterocycles. The molecular formula is C50H42N2O5. The van der Waals surface area contributed by atoms with Crippen LogP contribution in [0, 0.1) is 6.92 Å². The van der Waals surface area contributed by atoms with Gasteiger partial charge in [-0.3, -0.25) is 0 Å². The molecule has 0 saturated carbocycles. The summed E-state index contributed by atoms with van der Waals surface area (Å²) < 4.78 is 18.4. The first-order valence-electron chi connectivity index (χ1n) is 18.7. The number of carboxylic acids is 1. The third-order valence-corrected chi connectivity index (χ3v) is 9.68. The van der Waals surface area contributed by atoms with Gasteiger partial charge >= 0.3 is 5.97 Å². The standard InChI is InChI=1S/C29H24N2O2.C21H18O3/c1-22-17-19-23(20-18-22)28-30-27(33-31-28)21-32-29(24-11-5-2-6-12-24,25-13-7-3-8-14-25)26-15-9-4-10-16-26;22-20(23)16-24-21(17-10-4-1-5-11-17,18-12-6-2-7-13-18)19-14-8-3-9-15-19/h2-20H,21H2,1H3;1-15H,16H2,(H,22,23). The Hall–Kier alpha value is -6.93. The van der Waals surface area contributed by atoms with Crippen LogP contribution in [-0.2, 0) is 32.1 Å². The van der Waals surface area contributed by atoms with Crippen LogP contribution in [0.1, 0.15) is 44.8 Å². The van der Waals surface area contributed by atoms with Gasteiger partial charge < -0.3 is 19.1 Å². The molecule has 0 bridgehead atoms. The van der Waals surface area contributed by atoms with Crippen LogP contribution in [0.5, 0.6) is 0 Å². The molecule has 0 aliphatic heterocycles. The predicted molar refractivity (Wildman–Crippen MR) is 221 cm³/mol. The molecule has 7 aromatic carbocycles. The summed E-state index contributed by atoms with van der Waals surface area (Å²) >= 11 is 0. The van der Waals surface area contributed by atoms with Crippen LogP contribution in [0.3, 0.4) is 0 Å². The summed E-state index contributed by atoms with van der Waals surface area (Å²) in [6, 6.07) is 67.9. The van der Waals surface area contributed by atoms with Crippen molar-refractivity contribution < 1.29 is 23.9 Å². The van der Waals surface area contributed by atoms with Crippen LogP contribution in [0.15, 0.2) is 211 Å². The fraction of sp³-hybridized carbons (Fsp3) is 0.100. The first kappa shape index (κ1) is 38.3. The highest BCUT2D eigenvalue weighted by Gasteiger charge is 2.39. The molecule has 0 unspecified atom stereocenters. The van der Waals surface area contributed by atoms with Crippen LogP contribution >= 0.6 is 0 Å². The Morgan fingerprint density at radius 1 is 0.509 bits per heavy atom. The molecule has 0 spiro atoms. The zero-order valence-corrected chi connectivity index (χ0v) is 31.5. The Morgan fingerprint density at radius 3 is 1.18 bits per heavy atom. The zero-order chi connectivity index (χ0) is 39.3. The van der Waals surface area contributed by atoms with E-state index in [1.54, 1.807) is 0 Å². The van der Waals surface area contributed by atoms with Gasteiger partial charge in [-0.2, -0.15) is 4.98 Å². The molecule has 8 aromatic rings. The van der Waals surface area contributed by atoms with Crippen LogP contribution in [0.25, 0.3) is 11.4 Å². The first-order chi connectivity index (χ1) is 28.0. The third-order valence-electron chi connectivity index (χ3n) is 9.68. The summed E-state index contributed by atoms with van der Waals surface area (Å²) in [6.07, 6.45) is 0. The highest BCUT2D eigenvalue weighted by molar-refractivity contribution is 5.68. The smallest absolute Gasteiger partial charge is 0.329 e. The van der Waals surface area contributed by atoms with Gasteiger partial charge in [0.15, 0.2) is 0 Å². The topological polar surface area (TPSA) is 94.7 Å². The highest BCUT2D eigenvalue weighted by atomic mass is 16.5. The summed E-state index contributed by atoms with van der Waals surface area (Å²) in [5, 5.41) is 13.4. The number of carbonyl (C=O) groups is 1. The number of hydrogen-bond donors (Lipinski definition) is 1. The van der Waals surface area contributed by atoms with Crippen molar-refractivity contribution in [3.63, 3.8) is 0 Å².